The van der Waals surface area contributed by atoms with Crippen molar-refractivity contribution in [1.82, 2.24) is 0 Å². The van der Waals surface area contributed by atoms with Gasteiger partial charge in [0, 0.05) is 16.7 Å². The molecule has 0 aliphatic carbocycles. The van der Waals surface area contributed by atoms with E-state index >= 15 is 0 Å². The Morgan fingerprint density at radius 1 is 0.586 bits per heavy atom. The second kappa shape index (κ2) is 7.26. The highest BCUT2D eigenvalue weighted by Crippen LogP contribution is 2.36. The van der Waals surface area contributed by atoms with Gasteiger partial charge in [-0.1, -0.05) is 36.4 Å². The molecular formula is C24H22NO4+. The molecule has 0 radical (unpaired) electrons. The molecule has 0 N–H and O–H groups in total. The van der Waals surface area contributed by atoms with Crippen molar-refractivity contribution in [2.45, 2.75) is 19.6 Å². The average molecular weight is 388 g/mol. The van der Waals surface area contributed by atoms with Crippen molar-refractivity contribution in [3.8, 4) is 17.2 Å². The summed E-state index contributed by atoms with van der Waals surface area (Å²) >= 11 is 0. The van der Waals surface area contributed by atoms with Crippen LogP contribution in [0.3, 0.4) is 0 Å². The van der Waals surface area contributed by atoms with Gasteiger partial charge in [-0.3, -0.25) is 0 Å². The predicted molar refractivity (Wildman–Crippen MR) is 107 cm³/mol. The van der Waals surface area contributed by atoms with Gasteiger partial charge in [0.25, 0.3) is 0 Å². The van der Waals surface area contributed by atoms with Crippen molar-refractivity contribution in [2.24, 2.45) is 0 Å². The van der Waals surface area contributed by atoms with Crippen molar-refractivity contribution >= 4 is 5.91 Å². The number of amides is 1. The Morgan fingerprint density at radius 2 is 1.00 bits per heavy atom. The van der Waals surface area contributed by atoms with Crippen molar-refractivity contribution in [3.05, 3.63) is 89.5 Å². The van der Waals surface area contributed by atoms with Crippen LogP contribution in [0.1, 0.15) is 16.7 Å². The minimum absolute atomic E-state index is 0.0447. The van der Waals surface area contributed by atoms with Gasteiger partial charge in [0.2, 0.25) is 13.4 Å². The van der Waals surface area contributed by atoms with Crippen molar-refractivity contribution in [2.75, 3.05) is 13.4 Å². The van der Waals surface area contributed by atoms with Gasteiger partial charge in [0.15, 0.2) is 0 Å². The number of nitrogens with zero attached hydrogens (tertiary/aromatic N) is 1. The van der Waals surface area contributed by atoms with E-state index in [4.69, 9.17) is 14.2 Å². The second-order valence-corrected chi connectivity index (χ2v) is 7.53. The van der Waals surface area contributed by atoms with Crippen LogP contribution in [-0.4, -0.2) is 23.8 Å². The van der Waals surface area contributed by atoms with Gasteiger partial charge in [-0.25, -0.2) is 9.28 Å². The molecule has 2 heterocycles. The number of para-hydroxylation sites is 3. The van der Waals surface area contributed by atoms with Crippen LogP contribution in [0.4, 0.5) is 0 Å². The van der Waals surface area contributed by atoms with Crippen LogP contribution in [0, 0.1) is 0 Å². The lowest BCUT2D eigenvalue weighted by Gasteiger charge is -2.36. The third kappa shape index (κ3) is 3.34. The third-order valence-electron chi connectivity index (χ3n) is 5.65. The molecule has 2 aliphatic heterocycles. The third-order valence-corrected chi connectivity index (χ3v) is 5.65. The monoisotopic (exact) mass is 388 g/mol. The molecule has 0 atom stereocenters. The zero-order valence-corrected chi connectivity index (χ0v) is 16.0. The van der Waals surface area contributed by atoms with Crippen LogP contribution in [0.25, 0.3) is 0 Å². The molecule has 1 amide bonds. The molecule has 2 aliphatic rings. The van der Waals surface area contributed by atoms with Crippen LogP contribution in [0.2, 0.25) is 0 Å². The molecule has 1 spiro atoms. The summed E-state index contributed by atoms with van der Waals surface area (Å²) < 4.78 is 17.9. The fraction of sp³-hybridized carbons (Fsp3) is 0.208. The summed E-state index contributed by atoms with van der Waals surface area (Å²) in [7, 11) is 0. The Kier molecular flexibility index (Phi) is 4.45. The fourth-order valence-electron chi connectivity index (χ4n) is 4.17. The molecule has 5 heteroatoms. The SMILES string of the molecule is O=C1COc2ccccc2C[N+]12Cc1ccccc1OCOc1ccccc1C2. The molecule has 3 aromatic carbocycles. The minimum Gasteiger partial charge on any atom is -0.479 e. The molecule has 146 valence electrons. The van der Waals surface area contributed by atoms with E-state index in [2.05, 4.69) is 0 Å². The quantitative estimate of drug-likeness (QED) is 0.545. The highest BCUT2D eigenvalue weighted by molar-refractivity contribution is 5.72. The molecule has 3 aromatic rings. The first-order valence-corrected chi connectivity index (χ1v) is 9.75. The molecule has 29 heavy (non-hydrogen) atoms. The van der Waals surface area contributed by atoms with Gasteiger partial charge in [0.1, 0.15) is 36.9 Å². The van der Waals surface area contributed by atoms with Gasteiger partial charge >= 0.3 is 5.91 Å². The summed E-state index contributed by atoms with van der Waals surface area (Å²) in [6, 6.07) is 23.6. The average Bonchev–Trinajstić information content (AvgIpc) is 2.87. The standard InChI is InChI=1S/C24H22NO4/c26-24-16-27-21-10-4-1-7-18(21)13-25(24)14-19-8-2-5-11-22(19)28-17-29-23-12-6-3-9-20(23)15-25/h1-12H,13-17H2/q+1. The van der Waals surface area contributed by atoms with Gasteiger partial charge in [0.05, 0.1) is 0 Å². The van der Waals surface area contributed by atoms with Crippen LogP contribution < -0.4 is 14.2 Å². The molecular weight excluding hydrogens is 366 g/mol. The summed E-state index contributed by atoms with van der Waals surface area (Å²) in [5.74, 6) is 2.32. The van der Waals surface area contributed by atoms with Crippen LogP contribution in [0.15, 0.2) is 72.8 Å². The summed E-state index contributed by atoms with van der Waals surface area (Å²) in [6.45, 7) is 1.79. The molecule has 0 unspecified atom stereocenters. The maximum atomic E-state index is 13.5. The van der Waals surface area contributed by atoms with E-state index in [9.17, 15) is 4.79 Å². The molecule has 0 aromatic heterocycles. The molecule has 0 saturated carbocycles. The number of carbonyl (C=O) groups excluding carboxylic acids is 1. The van der Waals surface area contributed by atoms with E-state index in [1.807, 2.05) is 72.8 Å². The van der Waals surface area contributed by atoms with E-state index in [1.165, 1.54) is 0 Å². The van der Waals surface area contributed by atoms with Gasteiger partial charge < -0.3 is 14.2 Å². The van der Waals surface area contributed by atoms with Crippen molar-refractivity contribution in [3.63, 3.8) is 0 Å². The highest BCUT2D eigenvalue weighted by atomic mass is 16.7. The summed E-state index contributed by atoms with van der Waals surface area (Å²) in [5.41, 5.74) is 3.01. The second-order valence-electron chi connectivity index (χ2n) is 7.53. The smallest absolute Gasteiger partial charge is 0.352 e. The maximum absolute atomic E-state index is 13.5. The molecule has 5 nitrogen and oxygen atoms in total. The van der Waals surface area contributed by atoms with E-state index in [1.54, 1.807) is 0 Å². The number of ether oxygens (including phenoxy) is 3. The normalized spacial score (nSPS) is 17.4. The largest absolute Gasteiger partial charge is 0.479 e. The predicted octanol–water partition coefficient (Wildman–Crippen LogP) is 4.05. The van der Waals surface area contributed by atoms with E-state index < -0.39 is 0 Å². The summed E-state index contributed by atoms with van der Waals surface area (Å²) in [4.78, 5) is 13.5. The van der Waals surface area contributed by atoms with Crippen LogP contribution >= 0.6 is 0 Å². The van der Waals surface area contributed by atoms with Crippen molar-refractivity contribution in [1.29, 1.82) is 0 Å². The van der Waals surface area contributed by atoms with Gasteiger partial charge in [-0.2, -0.15) is 0 Å². The number of fused-ring (bicyclic) bond motifs is 3. The van der Waals surface area contributed by atoms with Crippen molar-refractivity contribution < 1.29 is 23.5 Å². The molecule has 0 fully saturated rings. The lowest BCUT2D eigenvalue weighted by Crippen LogP contribution is -2.52. The first-order valence-electron chi connectivity index (χ1n) is 9.75. The molecule has 0 saturated heterocycles. The zero-order valence-electron chi connectivity index (χ0n) is 16.0. The molecule has 5 rings (SSSR count). The number of carbonyl (C=O) groups is 1. The topological polar surface area (TPSA) is 44.8 Å². The Hall–Kier alpha value is -3.31. The van der Waals surface area contributed by atoms with E-state index in [-0.39, 0.29) is 23.8 Å². The number of hydrogen-bond donors (Lipinski definition) is 0. The Labute approximate surface area is 169 Å². The van der Waals surface area contributed by atoms with Gasteiger partial charge in [-0.15, -0.1) is 0 Å². The number of hydrogen-bond acceptors (Lipinski definition) is 4. The molecule has 0 bridgehead atoms. The minimum atomic E-state index is 0.0447. The van der Waals surface area contributed by atoms with Crippen LogP contribution in [0.5, 0.6) is 17.2 Å². The number of benzene rings is 3. The highest BCUT2D eigenvalue weighted by Gasteiger charge is 2.42. The lowest BCUT2D eigenvalue weighted by atomic mass is 10.1. The first kappa shape index (κ1) is 17.8. The van der Waals surface area contributed by atoms with Crippen LogP contribution in [-0.2, 0) is 24.4 Å². The zero-order chi connectivity index (χ0) is 19.7. The van der Waals surface area contributed by atoms with E-state index in [0.717, 1.165) is 33.9 Å². The Bertz CT molecular complexity index is 1010. The number of quaternary nitrogens is 1. The Morgan fingerprint density at radius 3 is 1.48 bits per heavy atom. The number of rotatable bonds is 0. The van der Waals surface area contributed by atoms with Gasteiger partial charge in [-0.05, 0) is 36.4 Å². The summed E-state index contributed by atoms with van der Waals surface area (Å²) in [6.07, 6.45) is 0. The fourth-order valence-corrected chi connectivity index (χ4v) is 4.17. The lowest BCUT2D eigenvalue weighted by molar-refractivity contribution is -0.893. The Balaban J connectivity index is 1.66. The first-order chi connectivity index (χ1) is 14.2. The van der Waals surface area contributed by atoms with E-state index in [0.29, 0.717) is 19.6 Å². The maximum Gasteiger partial charge on any atom is 0.352 e. The summed E-state index contributed by atoms with van der Waals surface area (Å²) in [5, 5.41) is 0.